The van der Waals surface area contributed by atoms with Gasteiger partial charge in [0.1, 0.15) is 11.9 Å². The number of benzene rings is 1. The number of likely N-dealkylation sites (tertiary alicyclic amines) is 1. The highest BCUT2D eigenvalue weighted by Crippen LogP contribution is 2.38. The van der Waals surface area contributed by atoms with E-state index in [1.54, 1.807) is 17.3 Å². The second-order valence-corrected chi connectivity index (χ2v) is 7.08. The van der Waals surface area contributed by atoms with Crippen LogP contribution in [0, 0.1) is 0 Å². The summed E-state index contributed by atoms with van der Waals surface area (Å²) in [6.07, 6.45) is 7.28. The first-order valence-corrected chi connectivity index (χ1v) is 9.31. The van der Waals surface area contributed by atoms with E-state index in [4.69, 9.17) is 4.52 Å². The van der Waals surface area contributed by atoms with E-state index in [0.717, 1.165) is 37.1 Å². The molecular formula is C20H19N5O2. The lowest BCUT2D eigenvalue weighted by molar-refractivity contribution is 0.0709. The summed E-state index contributed by atoms with van der Waals surface area (Å²) in [6, 6.07) is 9.48. The Labute approximate surface area is 156 Å². The van der Waals surface area contributed by atoms with Crippen molar-refractivity contribution in [3.8, 4) is 11.4 Å². The van der Waals surface area contributed by atoms with E-state index in [1.807, 2.05) is 30.3 Å². The molecule has 5 rings (SSSR count). The van der Waals surface area contributed by atoms with Crippen molar-refractivity contribution in [3.05, 3.63) is 60.0 Å². The van der Waals surface area contributed by atoms with E-state index in [9.17, 15) is 4.79 Å². The minimum atomic E-state index is -0.203. The van der Waals surface area contributed by atoms with Crippen molar-refractivity contribution >= 4 is 5.91 Å². The molecule has 2 aliphatic rings. The van der Waals surface area contributed by atoms with E-state index in [1.165, 1.54) is 0 Å². The molecule has 1 aliphatic heterocycles. The van der Waals surface area contributed by atoms with Crippen molar-refractivity contribution in [2.75, 3.05) is 6.54 Å². The number of nitrogens with zero attached hydrogens (tertiary/aromatic N) is 5. The third-order valence-electron chi connectivity index (χ3n) is 5.13. The van der Waals surface area contributed by atoms with Gasteiger partial charge in [-0.15, -0.1) is 0 Å². The number of carbonyl (C=O) groups excluding carboxylic acids is 1. The quantitative estimate of drug-likeness (QED) is 0.708. The Bertz CT molecular complexity index is 950. The SMILES string of the molecule is O=C(c1cnc(C2CC2)nc1)N1CCCC1c1nc(-c2ccccc2)no1. The van der Waals surface area contributed by atoms with Crippen LogP contribution in [0.3, 0.4) is 0 Å². The van der Waals surface area contributed by atoms with Gasteiger partial charge in [0.15, 0.2) is 0 Å². The van der Waals surface area contributed by atoms with Gasteiger partial charge in [0, 0.05) is 30.4 Å². The molecule has 0 spiro atoms. The lowest BCUT2D eigenvalue weighted by Crippen LogP contribution is -2.31. The molecular weight excluding hydrogens is 342 g/mol. The smallest absolute Gasteiger partial charge is 0.257 e. The molecule has 2 fully saturated rings. The van der Waals surface area contributed by atoms with Gasteiger partial charge >= 0.3 is 0 Å². The summed E-state index contributed by atoms with van der Waals surface area (Å²) in [5.74, 6) is 2.26. The van der Waals surface area contributed by atoms with Gasteiger partial charge in [0.25, 0.3) is 5.91 Å². The summed E-state index contributed by atoms with van der Waals surface area (Å²) >= 11 is 0. The predicted octanol–water partition coefficient (Wildman–Crippen LogP) is 3.38. The molecule has 1 aromatic carbocycles. The second kappa shape index (κ2) is 6.57. The zero-order chi connectivity index (χ0) is 18.2. The number of amides is 1. The Morgan fingerprint density at radius 2 is 1.85 bits per heavy atom. The van der Waals surface area contributed by atoms with Gasteiger partial charge in [-0.25, -0.2) is 9.97 Å². The lowest BCUT2D eigenvalue weighted by Gasteiger charge is -2.21. The zero-order valence-electron chi connectivity index (χ0n) is 14.8. The van der Waals surface area contributed by atoms with Gasteiger partial charge in [-0.1, -0.05) is 35.5 Å². The Morgan fingerprint density at radius 1 is 1.07 bits per heavy atom. The normalized spacial score (nSPS) is 19.4. The van der Waals surface area contributed by atoms with Crippen molar-refractivity contribution < 1.29 is 9.32 Å². The molecule has 1 unspecified atom stereocenters. The largest absolute Gasteiger partial charge is 0.337 e. The number of rotatable bonds is 4. The van der Waals surface area contributed by atoms with Crippen LogP contribution >= 0.6 is 0 Å². The second-order valence-electron chi connectivity index (χ2n) is 7.08. The number of aromatic nitrogens is 4. The average Bonchev–Trinajstić information content (AvgIpc) is 3.26. The van der Waals surface area contributed by atoms with Crippen LogP contribution in [0.4, 0.5) is 0 Å². The van der Waals surface area contributed by atoms with Crippen LogP contribution in [0.5, 0.6) is 0 Å². The van der Waals surface area contributed by atoms with Gasteiger partial charge in [0.2, 0.25) is 11.7 Å². The van der Waals surface area contributed by atoms with Gasteiger partial charge < -0.3 is 9.42 Å². The van der Waals surface area contributed by atoms with Crippen molar-refractivity contribution in [1.82, 2.24) is 25.0 Å². The minimum Gasteiger partial charge on any atom is -0.337 e. The van der Waals surface area contributed by atoms with Crippen molar-refractivity contribution in [1.29, 1.82) is 0 Å². The van der Waals surface area contributed by atoms with E-state index in [0.29, 0.717) is 29.7 Å². The first-order valence-electron chi connectivity index (χ1n) is 9.31. The number of hydrogen-bond acceptors (Lipinski definition) is 6. The van der Waals surface area contributed by atoms with Gasteiger partial charge in [-0.2, -0.15) is 4.98 Å². The first kappa shape index (κ1) is 16.1. The third kappa shape index (κ3) is 3.09. The van der Waals surface area contributed by atoms with Crippen LogP contribution in [-0.2, 0) is 0 Å². The van der Waals surface area contributed by atoms with E-state index < -0.39 is 0 Å². The fraction of sp³-hybridized carbons (Fsp3) is 0.350. The molecule has 1 saturated heterocycles. The summed E-state index contributed by atoms with van der Waals surface area (Å²) < 4.78 is 5.49. The Balaban J connectivity index is 1.37. The highest BCUT2D eigenvalue weighted by atomic mass is 16.5. The molecule has 7 heteroatoms. The summed E-state index contributed by atoms with van der Waals surface area (Å²) in [5.41, 5.74) is 1.40. The van der Waals surface area contributed by atoms with Crippen LogP contribution in [0.25, 0.3) is 11.4 Å². The summed E-state index contributed by atoms with van der Waals surface area (Å²) in [5, 5.41) is 4.09. The highest BCUT2D eigenvalue weighted by Gasteiger charge is 2.35. The van der Waals surface area contributed by atoms with Crippen LogP contribution < -0.4 is 0 Å². The predicted molar refractivity (Wildman–Crippen MR) is 96.8 cm³/mol. The topological polar surface area (TPSA) is 85.0 Å². The van der Waals surface area contributed by atoms with Crippen LogP contribution in [0.15, 0.2) is 47.2 Å². The third-order valence-corrected chi connectivity index (χ3v) is 5.13. The van der Waals surface area contributed by atoms with Crippen molar-refractivity contribution in [3.63, 3.8) is 0 Å². The molecule has 2 aromatic heterocycles. The van der Waals surface area contributed by atoms with Crippen LogP contribution in [0.2, 0.25) is 0 Å². The maximum absolute atomic E-state index is 13.0. The zero-order valence-corrected chi connectivity index (χ0v) is 14.8. The number of hydrogen-bond donors (Lipinski definition) is 0. The maximum Gasteiger partial charge on any atom is 0.257 e. The Kier molecular flexibility index (Phi) is 3.92. The fourth-order valence-corrected chi connectivity index (χ4v) is 3.51. The molecule has 3 heterocycles. The molecule has 1 amide bonds. The van der Waals surface area contributed by atoms with Crippen LogP contribution in [-0.4, -0.2) is 37.5 Å². The molecule has 0 bridgehead atoms. The molecule has 1 atom stereocenters. The molecule has 27 heavy (non-hydrogen) atoms. The molecule has 136 valence electrons. The van der Waals surface area contributed by atoms with Crippen molar-refractivity contribution in [2.24, 2.45) is 0 Å². The van der Waals surface area contributed by atoms with Crippen molar-refractivity contribution in [2.45, 2.75) is 37.6 Å². The minimum absolute atomic E-state index is 0.0840. The molecule has 0 N–H and O–H groups in total. The molecule has 1 saturated carbocycles. The fourth-order valence-electron chi connectivity index (χ4n) is 3.51. The Morgan fingerprint density at radius 3 is 2.59 bits per heavy atom. The Hall–Kier alpha value is -3.09. The summed E-state index contributed by atoms with van der Waals surface area (Å²) in [7, 11) is 0. The molecule has 7 nitrogen and oxygen atoms in total. The van der Waals surface area contributed by atoms with Gasteiger partial charge in [-0.3, -0.25) is 4.79 Å². The molecule has 0 radical (unpaired) electrons. The van der Waals surface area contributed by atoms with E-state index in [-0.39, 0.29) is 11.9 Å². The van der Waals surface area contributed by atoms with E-state index >= 15 is 0 Å². The number of carbonyl (C=O) groups is 1. The standard InChI is InChI=1S/C20H19N5O2/c26-20(15-11-21-17(22-12-15)14-8-9-14)25-10-4-7-16(25)19-23-18(24-27-19)13-5-2-1-3-6-13/h1-3,5-6,11-12,14,16H,4,7-10H2. The average molecular weight is 361 g/mol. The maximum atomic E-state index is 13.0. The molecule has 3 aromatic rings. The monoisotopic (exact) mass is 361 g/mol. The summed E-state index contributed by atoms with van der Waals surface area (Å²) in [4.78, 5) is 28.0. The first-order chi connectivity index (χ1) is 13.3. The lowest BCUT2D eigenvalue weighted by atomic mass is 10.2. The van der Waals surface area contributed by atoms with Gasteiger partial charge in [0.05, 0.1) is 5.56 Å². The highest BCUT2D eigenvalue weighted by molar-refractivity contribution is 5.94. The van der Waals surface area contributed by atoms with Gasteiger partial charge in [-0.05, 0) is 25.7 Å². The van der Waals surface area contributed by atoms with Crippen LogP contribution in [0.1, 0.15) is 59.7 Å². The van der Waals surface area contributed by atoms with E-state index in [2.05, 4.69) is 20.1 Å². The molecule has 1 aliphatic carbocycles. The summed E-state index contributed by atoms with van der Waals surface area (Å²) in [6.45, 7) is 0.664.